The molecule has 4 heteroatoms. The van der Waals surface area contributed by atoms with E-state index in [1.807, 2.05) is 0 Å². The lowest BCUT2D eigenvalue weighted by molar-refractivity contribution is 0.669. The van der Waals surface area contributed by atoms with Gasteiger partial charge in [-0.1, -0.05) is 115 Å². The first-order chi connectivity index (χ1) is 23.2. The Kier molecular flexibility index (Phi) is 5.54. The summed E-state index contributed by atoms with van der Waals surface area (Å²) in [6.45, 7) is 0. The normalized spacial score (nSPS) is 11.8. The molecule has 4 nitrogen and oxygen atoms in total. The molecule has 10 rings (SSSR count). The van der Waals surface area contributed by atoms with Crippen molar-refractivity contribution < 1.29 is 4.42 Å². The summed E-state index contributed by atoms with van der Waals surface area (Å²) in [5, 5.41) is 11.6. The topological polar surface area (TPSA) is 51.8 Å². The molecular formula is C43H25N3O. The van der Waals surface area contributed by atoms with Crippen molar-refractivity contribution in [2.24, 2.45) is 0 Å². The van der Waals surface area contributed by atoms with Crippen LogP contribution in [0.1, 0.15) is 0 Å². The summed E-state index contributed by atoms with van der Waals surface area (Å²) < 4.78 is 6.41. The number of rotatable bonds is 3. The highest BCUT2D eigenvalue weighted by Gasteiger charge is 2.16. The van der Waals surface area contributed by atoms with E-state index in [1.165, 1.54) is 26.9 Å². The van der Waals surface area contributed by atoms with Gasteiger partial charge in [0.1, 0.15) is 11.2 Å². The van der Waals surface area contributed by atoms with Gasteiger partial charge in [0.2, 0.25) is 0 Å². The van der Waals surface area contributed by atoms with Crippen molar-refractivity contribution in [1.82, 2.24) is 15.0 Å². The van der Waals surface area contributed by atoms with E-state index in [-0.39, 0.29) is 0 Å². The van der Waals surface area contributed by atoms with Gasteiger partial charge in [0.05, 0.1) is 0 Å². The summed E-state index contributed by atoms with van der Waals surface area (Å²) in [5.41, 5.74) is 4.43. The highest BCUT2D eigenvalue weighted by Crippen LogP contribution is 2.36. The van der Waals surface area contributed by atoms with Gasteiger partial charge in [0.15, 0.2) is 17.5 Å². The maximum Gasteiger partial charge on any atom is 0.164 e. The Hall–Kier alpha value is -6.39. The summed E-state index contributed by atoms with van der Waals surface area (Å²) >= 11 is 0. The lowest BCUT2D eigenvalue weighted by atomic mass is 10.00. The minimum Gasteiger partial charge on any atom is -0.456 e. The van der Waals surface area contributed by atoms with Gasteiger partial charge < -0.3 is 4.42 Å². The van der Waals surface area contributed by atoms with Crippen LogP contribution >= 0.6 is 0 Å². The number of fused-ring (bicyclic) bond motifs is 8. The Morgan fingerprint density at radius 2 is 0.766 bits per heavy atom. The van der Waals surface area contributed by atoms with E-state index in [1.54, 1.807) is 0 Å². The van der Waals surface area contributed by atoms with E-state index in [9.17, 15) is 0 Å². The number of aromatic nitrogens is 3. The first kappa shape index (κ1) is 25.9. The van der Waals surface area contributed by atoms with E-state index >= 15 is 0 Å². The molecule has 2 aromatic heterocycles. The van der Waals surface area contributed by atoms with Crippen LogP contribution < -0.4 is 0 Å². The summed E-state index contributed by atoms with van der Waals surface area (Å²) in [5.74, 6) is 1.86. The molecular weight excluding hydrogens is 574 g/mol. The van der Waals surface area contributed by atoms with Crippen LogP contribution in [0.2, 0.25) is 0 Å². The van der Waals surface area contributed by atoms with Gasteiger partial charge in [0, 0.05) is 27.5 Å². The third-order valence-electron chi connectivity index (χ3n) is 9.24. The number of hydrogen-bond acceptors (Lipinski definition) is 4. The molecule has 0 fully saturated rings. The summed E-state index contributed by atoms with van der Waals surface area (Å²) in [4.78, 5) is 15.2. The van der Waals surface area contributed by atoms with Crippen molar-refractivity contribution >= 4 is 65.0 Å². The molecule has 218 valence electrons. The molecule has 0 unspecified atom stereocenters. The Morgan fingerprint density at radius 1 is 0.298 bits per heavy atom. The van der Waals surface area contributed by atoms with Crippen molar-refractivity contribution in [3.63, 3.8) is 0 Å². The largest absolute Gasteiger partial charge is 0.456 e. The fraction of sp³-hybridized carbons (Fsp3) is 0. The smallest absolute Gasteiger partial charge is 0.164 e. The number of benzene rings is 8. The molecule has 0 N–H and O–H groups in total. The highest BCUT2D eigenvalue weighted by atomic mass is 16.3. The number of furan rings is 1. The average Bonchev–Trinajstić information content (AvgIpc) is 3.49. The van der Waals surface area contributed by atoms with Crippen molar-refractivity contribution in [2.45, 2.75) is 0 Å². The first-order valence-electron chi connectivity index (χ1n) is 15.8. The number of nitrogens with zero attached hydrogens (tertiary/aromatic N) is 3. The van der Waals surface area contributed by atoms with E-state index in [0.717, 1.165) is 54.8 Å². The Morgan fingerprint density at radius 3 is 1.51 bits per heavy atom. The fourth-order valence-corrected chi connectivity index (χ4v) is 6.84. The van der Waals surface area contributed by atoms with Crippen LogP contribution in [0.5, 0.6) is 0 Å². The second-order valence-electron chi connectivity index (χ2n) is 12.1. The summed E-state index contributed by atoms with van der Waals surface area (Å²) in [6.07, 6.45) is 0. The Bertz CT molecular complexity index is 2870. The van der Waals surface area contributed by atoms with E-state index in [0.29, 0.717) is 17.5 Å². The SMILES string of the molecule is c1ccc2cc(-c3nc(-c4ccc5c(ccc6ccccc65)c4)nc(-c4ccc5c(c4)oc4cc6ccccc6cc45)n3)ccc2c1. The molecule has 0 amide bonds. The molecule has 0 saturated heterocycles. The lowest BCUT2D eigenvalue weighted by Gasteiger charge is -2.10. The zero-order valence-electron chi connectivity index (χ0n) is 25.2. The molecule has 0 bridgehead atoms. The Balaban J connectivity index is 1.17. The van der Waals surface area contributed by atoms with Crippen molar-refractivity contribution in [3.8, 4) is 34.2 Å². The minimum absolute atomic E-state index is 0.601. The van der Waals surface area contributed by atoms with Crippen molar-refractivity contribution in [3.05, 3.63) is 152 Å². The predicted octanol–water partition coefficient (Wildman–Crippen LogP) is 11.4. The van der Waals surface area contributed by atoms with E-state index in [4.69, 9.17) is 19.4 Å². The van der Waals surface area contributed by atoms with E-state index in [2.05, 4.69) is 152 Å². The van der Waals surface area contributed by atoms with Gasteiger partial charge in [-0.05, 0) is 79.5 Å². The maximum atomic E-state index is 6.41. The van der Waals surface area contributed by atoms with Crippen LogP contribution in [0.15, 0.2) is 156 Å². The van der Waals surface area contributed by atoms with Crippen molar-refractivity contribution in [2.75, 3.05) is 0 Å². The van der Waals surface area contributed by atoms with Gasteiger partial charge in [-0.2, -0.15) is 0 Å². The zero-order valence-corrected chi connectivity index (χ0v) is 25.2. The minimum atomic E-state index is 0.601. The molecule has 0 aliphatic heterocycles. The average molecular weight is 600 g/mol. The maximum absolute atomic E-state index is 6.41. The molecule has 0 saturated carbocycles. The molecule has 0 atom stereocenters. The molecule has 10 aromatic rings. The van der Waals surface area contributed by atoms with Gasteiger partial charge in [-0.25, -0.2) is 15.0 Å². The highest BCUT2D eigenvalue weighted by molar-refractivity contribution is 6.11. The quantitative estimate of drug-likeness (QED) is 0.190. The second-order valence-corrected chi connectivity index (χ2v) is 12.1. The van der Waals surface area contributed by atoms with Gasteiger partial charge in [-0.15, -0.1) is 0 Å². The molecule has 2 heterocycles. The van der Waals surface area contributed by atoms with Gasteiger partial charge in [-0.3, -0.25) is 0 Å². The molecule has 0 spiro atoms. The first-order valence-corrected chi connectivity index (χ1v) is 15.8. The predicted molar refractivity (Wildman–Crippen MR) is 193 cm³/mol. The zero-order chi connectivity index (χ0) is 30.9. The van der Waals surface area contributed by atoms with Crippen LogP contribution in [0.4, 0.5) is 0 Å². The van der Waals surface area contributed by atoms with Crippen LogP contribution in [0, 0.1) is 0 Å². The van der Waals surface area contributed by atoms with Gasteiger partial charge >= 0.3 is 0 Å². The molecule has 47 heavy (non-hydrogen) atoms. The van der Waals surface area contributed by atoms with Crippen LogP contribution in [-0.2, 0) is 0 Å². The second kappa shape index (κ2) is 10.1. The summed E-state index contributed by atoms with van der Waals surface area (Å²) in [6, 6.07) is 53.0. The monoisotopic (exact) mass is 599 g/mol. The standard InChI is InChI=1S/C43H25N3O/c1-2-9-28-21-32(16-13-26(28)7-1)41-44-42(33-17-19-36-31(22-33)15-14-27-8-5-6-12-35(27)36)46-43(45-41)34-18-20-37-38-23-29-10-3-4-11-30(29)24-40(38)47-39(37)25-34/h1-25H. The molecule has 0 aliphatic carbocycles. The third-order valence-corrected chi connectivity index (χ3v) is 9.24. The lowest BCUT2D eigenvalue weighted by Crippen LogP contribution is -2.00. The molecule has 0 radical (unpaired) electrons. The number of hydrogen-bond donors (Lipinski definition) is 0. The van der Waals surface area contributed by atoms with Gasteiger partial charge in [0.25, 0.3) is 0 Å². The van der Waals surface area contributed by atoms with Crippen molar-refractivity contribution in [1.29, 1.82) is 0 Å². The Labute approximate surface area is 269 Å². The van der Waals surface area contributed by atoms with Crippen LogP contribution in [-0.4, -0.2) is 15.0 Å². The van der Waals surface area contributed by atoms with Crippen LogP contribution in [0.25, 0.3) is 99.2 Å². The third kappa shape index (κ3) is 4.27. The molecule has 8 aromatic carbocycles. The fourth-order valence-electron chi connectivity index (χ4n) is 6.84. The summed E-state index contributed by atoms with van der Waals surface area (Å²) in [7, 11) is 0. The molecule has 0 aliphatic rings. The van der Waals surface area contributed by atoms with Crippen LogP contribution in [0.3, 0.4) is 0 Å². The van der Waals surface area contributed by atoms with E-state index < -0.39 is 0 Å².